The molecule has 33 heavy (non-hydrogen) atoms. The Morgan fingerprint density at radius 1 is 1.18 bits per heavy atom. The predicted molar refractivity (Wildman–Crippen MR) is 133 cm³/mol. The second-order valence-corrected chi connectivity index (χ2v) is 9.29. The average molecular weight is 482 g/mol. The van der Waals surface area contributed by atoms with Crippen LogP contribution >= 0.6 is 22.9 Å². The molecule has 1 atom stereocenters. The number of thiazole rings is 1. The Hall–Kier alpha value is -3.16. The van der Waals surface area contributed by atoms with Gasteiger partial charge in [0.25, 0.3) is 5.56 Å². The van der Waals surface area contributed by atoms with Crippen molar-refractivity contribution < 1.29 is 9.53 Å². The molecule has 2 aromatic carbocycles. The molecule has 0 fully saturated rings. The number of esters is 1. The van der Waals surface area contributed by atoms with E-state index in [0.29, 0.717) is 25.6 Å². The Bertz CT molecular complexity index is 1400. The van der Waals surface area contributed by atoms with Crippen LogP contribution in [0.3, 0.4) is 0 Å². The van der Waals surface area contributed by atoms with Gasteiger partial charge in [0, 0.05) is 24.8 Å². The van der Waals surface area contributed by atoms with Crippen LogP contribution in [0.1, 0.15) is 31.0 Å². The largest absolute Gasteiger partial charge is 0.463 e. The molecule has 0 bridgehead atoms. The van der Waals surface area contributed by atoms with E-state index in [4.69, 9.17) is 16.3 Å². The Labute approximate surface area is 200 Å². The number of carbonyl (C=O) groups is 1. The number of hydrogen-bond acceptors (Lipinski definition) is 6. The maximum Gasteiger partial charge on any atom is 0.338 e. The van der Waals surface area contributed by atoms with E-state index in [9.17, 15) is 9.59 Å². The van der Waals surface area contributed by atoms with Gasteiger partial charge in [-0.3, -0.25) is 9.36 Å². The van der Waals surface area contributed by atoms with E-state index in [1.54, 1.807) is 30.5 Å². The van der Waals surface area contributed by atoms with Crippen LogP contribution in [0.25, 0.3) is 6.08 Å². The molecule has 0 radical (unpaired) electrons. The number of anilines is 1. The van der Waals surface area contributed by atoms with Gasteiger partial charge >= 0.3 is 5.97 Å². The molecule has 1 aliphatic heterocycles. The lowest BCUT2D eigenvalue weighted by Gasteiger charge is -2.25. The molecule has 0 saturated carbocycles. The van der Waals surface area contributed by atoms with Crippen molar-refractivity contribution in [2.75, 3.05) is 25.6 Å². The molecule has 6 nitrogen and oxygen atoms in total. The number of halogens is 1. The Balaban J connectivity index is 1.92. The molecule has 0 amide bonds. The first-order valence-corrected chi connectivity index (χ1v) is 11.7. The molecule has 1 unspecified atom stereocenters. The minimum Gasteiger partial charge on any atom is -0.463 e. The van der Waals surface area contributed by atoms with Crippen LogP contribution in [-0.4, -0.2) is 31.2 Å². The fraction of sp³-hybridized carbons (Fsp3) is 0.240. The molecule has 1 aliphatic rings. The molecule has 0 aliphatic carbocycles. The van der Waals surface area contributed by atoms with Gasteiger partial charge in [0.05, 0.1) is 28.5 Å². The number of rotatable bonds is 5. The third-order valence-electron chi connectivity index (χ3n) is 5.41. The monoisotopic (exact) mass is 481 g/mol. The van der Waals surface area contributed by atoms with Crippen molar-refractivity contribution in [3.63, 3.8) is 0 Å². The summed E-state index contributed by atoms with van der Waals surface area (Å²) in [6.45, 7) is 3.78. The summed E-state index contributed by atoms with van der Waals surface area (Å²) < 4.78 is 7.46. The van der Waals surface area contributed by atoms with Crippen LogP contribution < -0.4 is 19.8 Å². The van der Waals surface area contributed by atoms with Crippen LogP contribution in [0.15, 0.2) is 69.6 Å². The highest BCUT2D eigenvalue weighted by Gasteiger charge is 2.33. The first kappa shape index (κ1) is 23.0. The Morgan fingerprint density at radius 3 is 2.45 bits per heavy atom. The summed E-state index contributed by atoms with van der Waals surface area (Å²) in [5, 5.41) is 0.629. The van der Waals surface area contributed by atoms with Crippen molar-refractivity contribution >= 4 is 40.7 Å². The van der Waals surface area contributed by atoms with E-state index in [1.165, 1.54) is 11.3 Å². The van der Waals surface area contributed by atoms with E-state index in [2.05, 4.69) is 4.99 Å². The predicted octanol–water partition coefficient (Wildman–Crippen LogP) is 3.52. The molecule has 0 N–H and O–H groups in total. The number of hydrogen-bond donors (Lipinski definition) is 0. The highest BCUT2D eigenvalue weighted by atomic mass is 35.5. The van der Waals surface area contributed by atoms with Gasteiger partial charge in [-0.15, -0.1) is 0 Å². The maximum absolute atomic E-state index is 13.5. The zero-order valence-electron chi connectivity index (χ0n) is 18.8. The zero-order chi connectivity index (χ0) is 23.7. The molecule has 0 saturated heterocycles. The minimum absolute atomic E-state index is 0.204. The second kappa shape index (κ2) is 9.37. The fourth-order valence-electron chi connectivity index (χ4n) is 3.77. The Morgan fingerprint density at radius 2 is 1.85 bits per heavy atom. The van der Waals surface area contributed by atoms with Crippen LogP contribution in [0.2, 0.25) is 5.02 Å². The third-order valence-corrected chi connectivity index (χ3v) is 6.64. The molecule has 1 aromatic heterocycles. The lowest BCUT2D eigenvalue weighted by molar-refractivity contribution is -0.139. The number of ether oxygens (including phenoxy) is 1. The smallest absolute Gasteiger partial charge is 0.338 e. The van der Waals surface area contributed by atoms with E-state index in [-0.39, 0.29) is 12.2 Å². The van der Waals surface area contributed by atoms with Gasteiger partial charge in [0.2, 0.25) is 0 Å². The molecular weight excluding hydrogens is 458 g/mol. The van der Waals surface area contributed by atoms with E-state index < -0.39 is 12.0 Å². The summed E-state index contributed by atoms with van der Waals surface area (Å²) in [4.78, 5) is 33.6. The fourth-order valence-corrected chi connectivity index (χ4v) is 4.94. The number of aromatic nitrogens is 1. The van der Waals surface area contributed by atoms with Gasteiger partial charge in [-0.1, -0.05) is 47.2 Å². The molecule has 2 heterocycles. The lowest BCUT2D eigenvalue weighted by Crippen LogP contribution is -2.39. The summed E-state index contributed by atoms with van der Waals surface area (Å²) in [6.07, 6.45) is 1.82. The summed E-state index contributed by atoms with van der Waals surface area (Å²) in [7, 11) is 3.92. The third kappa shape index (κ3) is 4.51. The first-order valence-electron chi connectivity index (χ1n) is 10.5. The number of carbonyl (C=O) groups excluding carboxylic acids is 1. The SMILES string of the molecule is CCOC(=O)C1=C(C)N=c2s/c(=C\c3ccc(Cl)cc3)c(=O)n2C1c1ccc(N(C)C)cc1. The maximum atomic E-state index is 13.5. The molecule has 3 aromatic rings. The number of nitrogens with zero attached hydrogens (tertiary/aromatic N) is 3. The van der Waals surface area contributed by atoms with Crippen LogP contribution in [-0.2, 0) is 9.53 Å². The van der Waals surface area contributed by atoms with E-state index in [0.717, 1.165) is 16.8 Å². The van der Waals surface area contributed by atoms with Crippen LogP contribution in [0, 0.1) is 0 Å². The van der Waals surface area contributed by atoms with Crippen molar-refractivity contribution in [2.24, 2.45) is 4.99 Å². The summed E-state index contributed by atoms with van der Waals surface area (Å²) >= 11 is 7.29. The minimum atomic E-state index is -0.621. The standard InChI is InChI=1S/C25H24ClN3O3S/c1-5-32-24(31)21-15(2)27-25-29(22(21)17-8-12-19(13-9-17)28(3)4)23(30)20(33-25)14-16-6-10-18(26)11-7-16/h6-14,22H,5H2,1-4H3/b20-14-. The topological polar surface area (TPSA) is 63.9 Å². The highest BCUT2D eigenvalue weighted by molar-refractivity contribution is 7.07. The Kier molecular flexibility index (Phi) is 6.54. The van der Waals surface area contributed by atoms with Gasteiger partial charge < -0.3 is 9.64 Å². The molecule has 8 heteroatoms. The quantitative estimate of drug-likeness (QED) is 0.523. The number of fused-ring (bicyclic) bond motifs is 1. The highest BCUT2D eigenvalue weighted by Crippen LogP contribution is 2.31. The molecular formula is C25H24ClN3O3S. The lowest BCUT2D eigenvalue weighted by atomic mass is 9.95. The van der Waals surface area contributed by atoms with E-state index >= 15 is 0 Å². The number of benzene rings is 2. The number of allylic oxidation sites excluding steroid dienone is 1. The van der Waals surface area contributed by atoms with Crippen molar-refractivity contribution in [3.8, 4) is 0 Å². The summed E-state index contributed by atoms with van der Waals surface area (Å²) in [5.74, 6) is -0.465. The van der Waals surface area contributed by atoms with Gasteiger partial charge in [0.1, 0.15) is 0 Å². The average Bonchev–Trinajstić information content (AvgIpc) is 3.09. The van der Waals surface area contributed by atoms with Gasteiger partial charge in [-0.2, -0.15) is 0 Å². The van der Waals surface area contributed by atoms with Crippen LogP contribution in [0.5, 0.6) is 0 Å². The zero-order valence-corrected chi connectivity index (χ0v) is 20.4. The normalized spacial score (nSPS) is 15.8. The van der Waals surface area contributed by atoms with Crippen molar-refractivity contribution in [1.29, 1.82) is 0 Å². The van der Waals surface area contributed by atoms with Gasteiger partial charge in [-0.25, -0.2) is 9.79 Å². The summed E-state index contributed by atoms with van der Waals surface area (Å²) in [5.41, 5.74) is 3.42. The van der Waals surface area contributed by atoms with Gasteiger partial charge in [-0.05, 0) is 55.3 Å². The van der Waals surface area contributed by atoms with Crippen molar-refractivity contribution in [1.82, 2.24) is 4.57 Å². The van der Waals surface area contributed by atoms with Gasteiger partial charge in [0.15, 0.2) is 4.80 Å². The molecule has 4 rings (SSSR count). The van der Waals surface area contributed by atoms with Crippen molar-refractivity contribution in [3.05, 3.63) is 95.6 Å². The van der Waals surface area contributed by atoms with E-state index in [1.807, 2.05) is 61.5 Å². The first-order chi connectivity index (χ1) is 15.8. The summed E-state index contributed by atoms with van der Waals surface area (Å²) in [6, 6.07) is 14.5. The molecule has 170 valence electrons. The molecule has 0 spiro atoms. The van der Waals surface area contributed by atoms with Crippen LogP contribution in [0.4, 0.5) is 5.69 Å². The van der Waals surface area contributed by atoms with Crippen molar-refractivity contribution in [2.45, 2.75) is 19.9 Å². The second-order valence-electron chi connectivity index (χ2n) is 7.84.